The summed E-state index contributed by atoms with van der Waals surface area (Å²) in [7, 11) is 3.41. The minimum Gasteiger partial charge on any atom is -0.497 e. The monoisotopic (exact) mass is 270 g/mol. The summed E-state index contributed by atoms with van der Waals surface area (Å²) >= 11 is 0. The Balaban J connectivity index is 2.19. The van der Waals surface area contributed by atoms with E-state index < -0.39 is 0 Å². The van der Waals surface area contributed by atoms with Gasteiger partial charge in [0.15, 0.2) is 0 Å². The fourth-order valence-corrected chi connectivity index (χ4v) is 1.94. The lowest BCUT2D eigenvalue weighted by atomic mass is 10.1. The normalized spacial score (nSPS) is 9.95. The fourth-order valence-electron chi connectivity index (χ4n) is 1.94. The number of hydrogen-bond acceptors (Lipinski definition) is 3. The van der Waals surface area contributed by atoms with E-state index in [0.29, 0.717) is 5.56 Å². The quantitative estimate of drug-likeness (QED) is 0.896. The number of aryl methyl sites for hydroxylation is 1. The van der Waals surface area contributed by atoms with Gasteiger partial charge in [-0.2, -0.15) is 0 Å². The van der Waals surface area contributed by atoms with E-state index in [4.69, 9.17) is 4.74 Å². The Bertz CT molecular complexity index is 606. The molecule has 0 saturated heterocycles. The van der Waals surface area contributed by atoms with E-state index in [9.17, 15) is 4.79 Å². The zero-order valence-electron chi connectivity index (χ0n) is 11.9. The first-order valence-corrected chi connectivity index (χ1v) is 6.38. The third-order valence-corrected chi connectivity index (χ3v) is 3.04. The Hall–Kier alpha value is -2.49. The summed E-state index contributed by atoms with van der Waals surface area (Å²) in [5.41, 5.74) is 3.28. The van der Waals surface area contributed by atoms with Gasteiger partial charge in [0, 0.05) is 18.4 Å². The maximum atomic E-state index is 12.3. The van der Waals surface area contributed by atoms with Gasteiger partial charge in [0.25, 0.3) is 5.91 Å². The summed E-state index contributed by atoms with van der Waals surface area (Å²) in [5.74, 6) is 0.619. The predicted molar refractivity (Wildman–Crippen MR) is 81.7 cm³/mol. The zero-order valence-corrected chi connectivity index (χ0v) is 11.9. The molecule has 0 aliphatic rings. The molecule has 0 aliphatic heterocycles. The third-order valence-electron chi connectivity index (χ3n) is 3.04. The van der Waals surface area contributed by atoms with Crippen molar-refractivity contribution in [2.75, 3.05) is 24.8 Å². The lowest BCUT2D eigenvalue weighted by Crippen LogP contribution is -2.14. The van der Waals surface area contributed by atoms with Gasteiger partial charge in [-0.25, -0.2) is 0 Å². The van der Waals surface area contributed by atoms with Gasteiger partial charge in [-0.15, -0.1) is 0 Å². The van der Waals surface area contributed by atoms with Crippen LogP contribution in [0.1, 0.15) is 15.9 Å². The molecular weight excluding hydrogens is 252 g/mol. The zero-order chi connectivity index (χ0) is 14.5. The Labute approximate surface area is 118 Å². The predicted octanol–water partition coefficient (Wildman–Crippen LogP) is 3.30. The molecular formula is C16H18N2O2. The standard InChI is InChI=1S/C16H18N2O2/c1-11-4-9-14(15(10-11)17-2)16(19)18-12-5-7-13(20-3)8-6-12/h4-10,17H,1-3H3,(H,18,19). The van der Waals surface area contributed by atoms with E-state index in [1.54, 1.807) is 14.2 Å². The lowest BCUT2D eigenvalue weighted by molar-refractivity contribution is 0.102. The van der Waals surface area contributed by atoms with Crippen molar-refractivity contribution in [1.29, 1.82) is 0 Å². The van der Waals surface area contributed by atoms with Crippen LogP contribution in [-0.4, -0.2) is 20.1 Å². The van der Waals surface area contributed by atoms with Crippen molar-refractivity contribution < 1.29 is 9.53 Å². The first-order chi connectivity index (χ1) is 9.63. The van der Waals surface area contributed by atoms with Crippen molar-refractivity contribution in [3.8, 4) is 5.75 Å². The number of benzene rings is 2. The first-order valence-electron chi connectivity index (χ1n) is 6.38. The maximum absolute atomic E-state index is 12.3. The molecule has 2 N–H and O–H groups in total. The van der Waals surface area contributed by atoms with E-state index >= 15 is 0 Å². The van der Waals surface area contributed by atoms with Crippen molar-refractivity contribution in [1.82, 2.24) is 0 Å². The maximum Gasteiger partial charge on any atom is 0.257 e. The van der Waals surface area contributed by atoms with Gasteiger partial charge in [0.05, 0.1) is 12.7 Å². The molecule has 1 amide bonds. The summed E-state index contributed by atoms with van der Waals surface area (Å²) in [4.78, 5) is 12.3. The topological polar surface area (TPSA) is 50.4 Å². The van der Waals surface area contributed by atoms with Crippen LogP contribution in [-0.2, 0) is 0 Å². The molecule has 0 unspecified atom stereocenters. The van der Waals surface area contributed by atoms with Gasteiger partial charge < -0.3 is 15.4 Å². The van der Waals surface area contributed by atoms with Crippen LogP contribution in [0, 0.1) is 6.92 Å². The van der Waals surface area contributed by atoms with E-state index in [-0.39, 0.29) is 5.91 Å². The van der Waals surface area contributed by atoms with Crippen LogP contribution in [0.25, 0.3) is 0 Å². The molecule has 104 valence electrons. The van der Waals surface area contributed by atoms with Gasteiger partial charge in [-0.1, -0.05) is 6.07 Å². The minimum atomic E-state index is -0.139. The van der Waals surface area contributed by atoms with E-state index in [1.807, 2.05) is 49.4 Å². The molecule has 4 heteroatoms. The second-order valence-electron chi connectivity index (χ2n) is 4.48. The van der Waals surface area contributed by atoms with Crippen molar-refractivity contribution in [3.63, 3.8) is 0 Å². The number of anilines is 2. The molecule has 20 heavy (non-hydrogen) atoms. The molecule has 0 atom stereocenters. The fraction of sp³-hybridized carbons (Fsp3) is 0.188. The Morgan fingerprint density at radius 2 is 1.80 bits per heavy atom. The summed E-state index contributed by atoms with van der Waals surface area (Å²) in [6, 6.07) is 12.9. The van der Waals surface area contributed by atoms with Crippen LogP contribution >= 0.6 is 0 Å². The average molecular weight is 270 g/mol. The molecule has 0 bridgehead atoms. The molecule has 2 aromatic rings. The highest BCUT2D eigenvalue weighted by Crippen LogP contribution is 2.20. The second kappa shape index (κ2) is 6.10. The molecule has 0 saturated carbocycles. The van der Waals surface area contributed by atoms with E-state index in [1.165, 1.54) is 0 Å². The number of carbonyl (C=O) groups is 1. The van der Waals surface area contributed by atoms with Crippen molar-refractivity contribution in [2.24, 2.45) is 0 Å². The Kier molecular flexibility index (Phi) is 4.25. The summed E-state index contributed by atoms with van der Waals surface area (Å²) in [6.07, 6.45) is 0. The molecule has 0 aromatic heterocycles. The molecule has 0 heterocycles. The van der Waals surface area contributed by atoms with Gasteiger partial charge in [-0.05, 0) is 48.9 Å². The Morgan fingerprint density at radius 1 is 1.10 bits per heavy atom. The van der Waals surface area contributed by atoms with Crippen LogP contribution in [0.2, 0.25) is 0 Å². The number of carbonyl (C=O) groups excluding carboxylic acids is 1. The summed E-state index contributed by atoms with van der Waals surface area (Å²) in [6.45, 7) is 1.99. The first kappa shape index (κ1) is 13.9. The highest BCUT2D eigenvalue weighted by molar-refractivity contribution is 6.08. The second-order valence-corrected chi connectivity index (χ2v) is 4.48. The van der Waals surface area contributed by atoms with Gasteiger partial charge in [-0.3, -0.25) is 4.79 Å². The van der Waals surface area contributed by atoms with Crippen molar-refractivity contribution in [3.05, 3.63) is 53.6 Å². The number of ether oxygens (including phenoxy) is 1. The minimum absolute atomic E-state index is 0.139. The van der Waals surface area contributed by atoms with Crippen LogP contribution < -0.4 is 15.4 Å². The van der Waals surface area contributed by atoms with Crippen molar-refractivity contribution >= 4 is 17.3 Å². The van der Waals surface area contributed by atoms with Crippen LogP contribution in [0.15, 0.2) is 42.5 Å². The molecule has 0 radical (unpaired) electrons. The molecule has 4 nitrogen and oxygen atoms in total. The lowest BCUT2D eigenvalue weighted by Gasteiger charge is -2.11. The average Bonchev–Trinajstić information content (AvgIpc) is 2.47. The van der Waals surface area contributed by atoms with Crippen molar-refractivity contribution in [2.45, 2.75) is 6.92 Å². The molecule has 2 aromatic carbocycles. The van der Waals surface area contributed by atoms with E-state index in [2.05, 4.69) is 10.6 Å². The van der Waals surface area contributed by atoms with Gasteiger partial charge in [0.1, 0.15) is 5.75 Å². The van der Waals surface area contributed by atoms with Gasteiger partial charge >= 0.3 is 0 Å². The molecule has 2 rings (SSSR count). The van der Waals surface area contributed by atoms with Crippen LogP contribution in [0.5, 0.6) is 5.75 Å². The summed E-state index contributed by atoms with van der Waals surface area (Å²) in [5, 5.41) is 5.91. The third kappa shape index (κ3) is 3.09. The highest BCUT2D eigenvalue weighted by Gasteiger charge is 2.11. The summed E-state index contributed by atoms with van der Waals surface area (Å²) < 4.78 is 5.09. The number of amides is 1. The Morgan fingerprint density at radius 3 is 2.40 bits per heavy atom. The molecule has 0 spiro atoms. The van der Waals surface area contributed by atoms with Crippen LogP contribution in [0.3, 0.4) is 0 Å². The molecule has 0 fully saturated rings. The van der Waals surface area contributed by atoms with Crippen LogP contribution in [0.4, 0.5) is 11.4 Å². The largest absolute Gasteiger partial charge is 0.497 e. The SMILES string of the molecule is CNc1cc(C)ccc1C(=O)Nc1ccc(OC)cc1. The smallest absolute Gasteiger partial charge is 0.257 e. The highest BCUT2D eigenvalue weighted by atomic mass is 16.5. The number of methoxy groups -OCH3 is 1. The number of hydrogen-bond donors (Lipinski definition) is 2. The number of nitrogens with one attached hydrogen (secondary N) is 2. The van der Waals surface area contributed by atoms with Gasteiger partial charge in [0.2, 0.25) is 0 Å². The van der Waals surface area contributed by atoms with E-state index in [0.717, 1.165) is 22.7 Å². The number of rotatable bonds is 4. The molecule has 0 aliphatic carbocycles.